The highest BCUT2D eigenvalue weighted by Gasteiger charge is 2.31. The number of carbonyl (C=O) groups is 1. The third kappa shape index (κ3) is 6.32. The van der Waals surface area contributed by atoms with Gasteiger partial charge in [-0.05, 0) is 61.9 Å². The largest absolute Gasteiger partial charge is 0.347 e. The van der Waals surface area contributed by atoms with Crippen LogP contribution in [-0.2, 0) is 14.8 Å². The number of benzene rings is 2. The Morgan fingerprint density at radius 1 is 1.00 bits per heavy atom. The van der Waals surface area contributed by atoms with E-state index in [1.54, 1.807) is 19.1 Å². The fourth-order valence-electron chi connectivity index (χ4n) is 3.61. The molecule has 2 rings (SSSR count). The number of nitrogens with one attached hydrogen (secondary N) is 1. The summed E-state index contributed by atoms with van der Waals surface area (Å²) in [6.45, 7) is 9.66. The van der Waals surface area contributed by atoms with Crippen molar-refractivity contribution in [3.63, 3.8) is 0 Å². The van der Waals surface area contributed by atoms with Crippen LogP contribution in [0.15, 0.2) is 48.5 Å². The molecule has 0 heterocycles. The monoisotopic (exact) mass is 416 g/mol. The van der Waals surface area contributed by atoms with E-state index in [0.717, 1.165) is 29.4 Å². The summed E-state index contributed by atoms with van der Waals surface area (Å²) < 4.78 is 26.4. The van der Waals surface area contributed by atoms with E-state index in [9.17, 15) is 13.2 Å². The summed E-state index contributed by atoms with van der Waals surface area (Å²) in [5.74, 6) is 0.0605. The molecule has 0 saturated heterocycles. The molecule has 0 aliphatic heterocycles. The molecule has 0 spiro atoms. The van der Waals surface area contributed by atoms with Crippen molar-refractivity contribution in [2.45, 2.75) is 53.1 Å². The number of carbonyl (C=O) groups excluding carboxylic acids is 1. The van der Waals surface area contributed by atoms with Gasteiger partial charge in [0.15, 0.2) is 0 Å². The Morgan fingerprint density at radius 2 is 1.55 bits per heavy atom. The molecule has 0 bridgehead atoms. The Kier molecular flexibility index (Phi) is 7.47. The molecule has 2 aromatic rings. The van der Waals surface area contributed by atoms with Crippen LogP contribution in [0.3, 0.4) is 0 Å². The number of hydrogen-bond acceptors (Lipinski definition) is 3. The first-order valence-corrected chi connectivity index (χ1v) is 11.8. The average molecular weight is 417 g/mol. The maximum atomic E-state index is 13.1. The molecule has 1 amide bonds. The third-order valence-corrected chi connectivity index (χ3v) is 6.02. The van der Waals surface area contributed by atoms with Gasteiger partial charge in [-0.15, -0.1) is 0 Å². The lowest BCUT2D eigenvalue weighted by Gasteiger charge is -2.31. The van der Waals surface area contributed by atoms with Crippen LogP contribution >= 0.6 is 0 Å². The molecule has 5 nitrogen and oxygen atoms in total. The van der Waals surface area contributed by atoms with Crippen LogP contribution in [0, 0.1) is 19.8 Å². The van der Waals surface area contributed by atoms with E-state index in [2.05, 4.69) is 19.2 Å². The second-order valence-electron chi connectivity index (χ2n) is 8.18. The predicted octanol–water partition coefficient (Wildman–Crippen LogP) is 4.36. The van der Waals surface area contributed by atoms with Gasteiger partial charge >= 0.3 is 0 Å². The Morgan fingerprint density at radius 3 is 2.03 bits per heavy atom. The van der Waals surface area contributed by atoms with E-state index in [-0.39, 0.29) is 11.9 Å². The Hall–Kier alpha value is -2.34. The molecule has 0 radical (unpaired) electrons. The van der Waals surface area contributed by atoms with Crippen LogP contribution in [0.1, 0.15) is 49.9 Å². The smallest absolute Gasteiger partial charge is 0.244 e. The minimum atomic E-state index is -3.65. The number of anilines is 1. The highest BCUT2D eigenvalue weighted by molar-refractivity contribution is 7.92. The van der Waals surface area contributed by atoms with Gasteiger partial charge in [0, 0.05) is 0 Å². The SMILES string of the molecule is Cc1cc(C)cc(N([C@H](C)C(=O)N[C@H](CC(C)C)c2ccccc2)S(C)(=O)=O)c1. The van der Waals surface area contributed by atoms with E-state index in [1.165, 1.54) is 4.31 Å². The van der Waals surface area contributed by atoms with Crippen molar-refractivity contribution in [2.24, 2.45) is 5.92 Å². The van der Waals surface area contributed by atoms with Crippen molar-refractivity contribution in [1.29, 1.82) is 0 Å². The Labute approximate surface area is 175 Å². The van der Waals surface area contributed by atoms with Crippen LogP contribution in [0.5, 0.6) is 0 Å². The summed E-state index contributed by atoms with van der Waals surface area (Å²) >= 11 is 0. The zero-order valence-electron chi connectivity index (χ0n) is 18.1. The summed E-state index contributed by atoms with van der Waals surface area (Å²) in [7, 11) is -3.65. The Balaban J connectivity index is 2.34. The molecule has 0 fully saturated rings. The number of rotatable bonds is 8. The average Bonchev–Trinajstić information content (AvgIpc) is 2.59. The maximum absolute atomic E-state index is 13.1. The maximum Gasteiger partial charge on any atom is 0.244 e. The van der Waals surface area contributed by atoms with Crippen LogP contribution in [-0.4, -0.2) is 26.6 Å². The number of hydrogen-bond donors (Lipinski definition) is 1. The van der Waals surface area contributed by atoms with Crippen molar-refractivity contribution in [1.82, 2.24) is 5.32 Å². The predicted molar refractivity (Wildman–Crippen MR) is 119 cm³/mol. The minimum absolute atomic E-state index is 0.174. The van der Waals surface area contributed by atoms with Crippen LogP contribution in [0.4, 0.5) is 5.69 Å². The zero-order chi connectivity index (χ0) is 21.8. The van der Waals surface area contributed by atoms with E-state index in [0.29, 0.717) is 11.6 Å². The van der Waals surface area contributed by atoms with Crippen molar-refractivity contribution in [3.05, 3.63) is 65.2 Å². The standard InChI is InChI=1S/C23H32N2O3S/c1-16(2)12-22(20-10-8-7-9-11-20)24-23(26)19(5)25(29(6,27)28)21-14-17(3)13-18(4)15-21/h7-11,13-16,19,22H,12H2,1-6H3,(H,24,26)/t19-,22-/m1/s1. The molecular weight excluding hydrogens is 384 g/mol. The third-order valence-electron chi connectivity index (χ3n) is 4.77. The summed E-state index contributed by atoms with van der Waals surface area (Å²) in [5, 5.41) is 3.07. The summed E-state index contributed by atoms with van der Waals surface area (Å²) in [4.78, 5) is 13.1. The zero-order valence-corrected chi connectivity index (χ0v) is 19.0. The van der Waals surface area contributed by atoms with Gasteiger partial charge in [-0.25, -0.2) is 8.42 Å². The summed E-state index contributed by atoms with van der Waals surface area (Å²) in [6, 6.07) is 14.3. The van der Waals surface area contributed by atoms with E-state index >= 15 is 0 Å². The first-order valence-electron chi connectivity index (χ1n) is 9.92. The van der Waals surface area contributed by atoms with Gasteiger partial charge in [0.2, 0.25) is 15.9 Å². The van der Waals surface area contributed by atoms with Gasteiger partial charge in [0.25, 0.3) is 0 Å². The molecule has 0 unspecified atom stereocenters. The first kappa shape index (κ1) is 22.9. The summed E-state index contributed by atoms with van der Waals surface area (Å²) in [6.07, 6.45) is 1.90. The van der Waals surface area contributed by atoms with Crippen molar-refractivity contribution in [3.8, 4) is 0 Å². The lowest BCUT2D eigenvalue weighted by Crippen LogP contribution is -2.48. The number of amides is 1. The van der Waals surface area contributed by atoms with Gasteiger partial charge in [-0.1, -0.05) is 50.2 Å². The molecule has 0 aliphatic rings. The lowest BCUT2D eigenvalue weighted by molar-refractivity contribution is -0.122. The first-order chi connectivity index (χ1) is 13.5. The van der Waals surface area contributed by atoms with E-state index < -0.39 is 16.1 Å². The molecule has 2 atom stereocenters. The molecule has 0 aliphatic carbocycles. The van der Waals surface area contributed by atoms with Crippen LogP contribution < -0.4 is 9.62 Å². The number of aryl methyl sites for hydroxylation is 2. The van der Waals surface area contributed by atoms with Gasteiger partial charge in [-0.3, -0.25) is 9.10 Å². The number of sulfonamides is 1. The minimum Gasteiger partial charge on any atom is -0.347 e. The van der Waals surface area contributed by atoms with E-state index in [1.807, 2.05) is 50.2 Å². The molecule has 2 aromatic carbocycles. The van der Waals surface area contributed by atoms with Crippen molar-refractivity contribution < 1.29 is 13.2 Å². The topological polar surface area (TPSA) is 66.5 Å². The van der Waals surface area contributed by atoms with Crippen molar-refractivity contribution in [2.75, 3.05) is 10.6 Å². The fraction of sp³-hybridized carbons (Fsp3) is 0.435. The molecule has 6 heteroatoms. The molecule has 0 aromatic heterocycles. The number of nitrogens with zero attached hydrogens (tertiary/aromatic N) is 1. The van der Waals surface area contributed by atoms with Crippen molar-refractivity contribution >= 4 is 21.6 Å². The van der Waals surface area contributed by atoms with Gasteiger partial charge in [0.1, 0.15) is 6.04 Å². The van der Waals surface area contributed by atoms with Crippen LogP contribution in [0.25, 0.3) is 0 Å². The molecule has 1 N–H and O–H groups in total. The van der Waals surface area contributed by atoms with Gasteiger partial charge in [0.05, 0.1) is 18.0 Å². The highest BCUT2D eigenvalue weighted by atomic mass is 32.2. The second kappa shape index (κ2) is 9.44. The molecule has 29 heavy (non-hydrogen) atoms. The lowest BCUT2D eigenvalue weighted by atomic mass is 9.96. The van der Waals surface area contributed by atoms with Crippen LogP contribution in [0.2, 0.25) is 0 Å². The molecule has 0 saturated carbocycles. The molecule has 158 valence electrons. The highest BCUT2D eigenvalue weighted by Crippen LogP contribution is 2.26. The quantitative estimate of drug-likeness (QED) is 0.695. The Bertz CT molecular complexity index is 920. The second-order valence-corrected chi connectivity index (χ2v) is 10.0. The molecular formula is C23H32N2O3S. The van der Waals surface area contributed by atoms with Gasteiger partial charge < -0.3 is 5.32 Å². The normalized spacial score (nSPS) is 13.8. The summed E-state index contributed by atoms with van der Waals surface area (Å²) in [5.41, 5.74) is 3.42. The van der Waals surface area contributed by atoms with E-state index in [4.69, 9.17) is 0 Å². The fourth-order valence-corrected chi connectivity index (χ4v) is 4.77. The van der Waals surface area contributed by atoms with Gasteiger partial charge in [-0.2, -0.15) is 0 Å².